The van der Waals surface area contributed by atoms with Gasteiger partial charge in [0, 0.05) is 12.1 Å². The maximum atomic E-state index is 14.2. The Morgan fingerprint density at radius 3 is 1.51 bits per heavy atom. The van der Waals surface area contributed by atoms with Gasteiger partial charge in [-0.05, 0) is 94.1 Å². The van der Waals surface area contributed by atoms with Crippen LogP contribution in [0.1, 0.15) is 71.1 Å². The van der Waals surface area contributed by atoms with Crippen molar-refractivity contribution in [1.29, 1.82) is 5.26 Å². The van der Waals surface area contributed by atoms with Gasteiger partial charge in [0.05, 0.1) is 53.6 Å². The van der Waals surface area contributed by atoms with Gasteiger partial charge in [-0.3, -0.25) is 9.59 Å². The van der Waals surface area contributed by atoms with Crippen molar-refractivity contribution in [3.8, 4) is 23.3 Å². The minimum atomic E-state index is -1.85. The molecule has 3 rings (SSSR count). The molecule has 0 saturated heterocycles. The number of rotatable bonds is 22. The third-order valence-electron chi connectivity index (χ3n) is 8.70. The summed E-state index contributed by atoms with van der Waals surface area (Å²) in [5.74, 6) is 0.272. The zero-order valence-electron chi connectivity index (χ0n) is 32.2. The molecule has 0 bridgehead atoms. The normalized spacial score (nSPS) is 13.3. The van der Waals surface area contributed by atoms with E-state index in [1.54, 1.807) is 35.2 Å². The molecule has 3 aromatic carbocycles. The number of carbonyl (C=O) groups excluding carboxylic acids is 2. The molecule has 12 nitrogen and oxygen atoms in total. The Morgan fingerprint density at radius 1 is 0.717 bits per heavy atom. The Bertz CT molecular complexity index is 1490. The van der Waals surface area contributed by atoms with E-state index < -0.39 is 38.3 Å². The van der Waals surface area contributed by atoms with E-state index in [1.165, 1.54) is 0 Å². The summed E-state index contributed by atoms with van der Waals surface area (Å²) in [6.45, 7) is 10.6. The lowest BCUT2D eigenvalue weighted by Crippen LogP contribution is -2.46. The molecule has 0 aliphatic rings. The van der Waals surface area contributed by atoms with Crippen molar-refractivity contribution in [2.75, 3.05) is 47.9 Å². The molecule has 0 heterocycles. The average Bonchev–Trinajstić information content (AvgIpc) is 3.17. The molecule has 2 unspecified atom stereocenters. The summed E-state index contributed by atoms with van der Waals surface area (Å²) in [5.41, 5.74) is -1.03. The molecule has 3 aromatic rings. The van der Waals surface area contributed by atoms with E-state index in [-0.39, 0.29) is 44.7 Å². The Labute approximate surface area is 315 Å². The monoisotopic (exact) mass is 752 g/mol. The lowest BCUT2D eigenvalue weighted by atomic mass is 9.80. The van der Waals surface area contributed by atoms with Crippen molar-refractivity contribution in [2.45, 2.75) is 72.1 Å². The maximum Gasteiger partial charge on any atom is 0.328 e. The van der Waals surface area contributed by atoms with Crippen LogP contribution in [0.15, 0.2) is 72.8 Å². The Kier molecular flexibility index (Phi) is 17.0. The molecule has 0 fully saturated rings. The number of nitrogens with zero attached hydrogens (tertiary/aromatic N) is 2. The molecule has 288 valence electrons. The van der Waals surface area contributed by atoms with E-state index in [4.69, 9.17) is 42.7 Å². The highest BCUT2D eigenvalue weighted by Gasteiger charge is 2.50. The molecule has 0 aliphatic carbocycles. The number of nitriles is 1. The fraction of sp³-hybridized carbons (Fsp3) is 0.475. The van der Waals surface area contributed by atoms with Gasteiger partial charge in [0.1, 0.15) is 22.8 Å². The molecule has 0 radical (unpaired) electrons. The zero-order valence-corrected chi connectivity index (χ0v) is 33.1. The van der Waals surface area contributed by atoms with Crippen LogP contribution in [0.4, 0.5) is 0 Å². The number of carbonyl (C=O) groups is 2. The fourth-order valence-corrected chi connectivity index (χ4v) is 7.55. The van der Waals surface area contributed by atoms with Gasteiger partial charge < -0.3 is 37.5 Å². The van der Waals surface area contributed by atoms with Crippen LogP contribution in [0.5, 0.6) is 17.2 Å². The topological polar surface area (TPSA) is 135 Å². The van der Waals surface area contributed by atoms with Gasteiger partial charge in [-0.2, -0.15) is 5.26 Å². The molecule has 0 aliphatic heterocycles. The molecule has 0 spiro atoms. The van der Waals surface area contributed by atoms with Crippen LogP contribution in [0.2, 0.25) is 0 Å². The molecule has 53 heavy (non-hydrogen) atoms. The molecule has 13 heteroatoms. The van der Waals surface area contributed by atoms with Gasteiger partial charge in [0.15, 0.2) is 12.2 Å². The Morgan fingerprint density at radius 2 is 1.15 bits per heavy atom. The van der Waals surface area contributed by atoms with Crippen LogP contribution < -0.4 is 14.2 Å². The van der Waals surface area contributed by atoms with E-state index in [0.29, 0.717) is 33.9 Å². The van der Waals surface area contributed by atoms with Gasteiger partial charge in [-0.15, -0.1) is 0 Å². The number of esters is 2. The van der Waals surface area contributed by atoms with Crippen LogP contribution >= 0.6 is 8.53 Å². The molecule has 2 atom stereocenters. The lowest BCUT2D eigenvalue weighted by molar-refractivity contribution is -0.188. The smallest absolute Gasteiger partial charge is 0.328 e. The zero-order chi connectivity index (χ0) is 39.0. The number of benzene rings is 3. The minimum Gasteiger partial charge on any atom is -0.497 e. The summed E-state index contributed by atoms with van der Waals surface area (Å²) >= 11 is 0. The summed E-state index contributed by atoms with van der Waals surface area (Å²) in [5, 5.41) is 9.14. The first-order valence-corrected chi connectivity index (χ1v) is 18.7. The minimum absolute atomic E-state index is 0.00385. The third kappa shape index (κ3) is 10.5. The van der Waals surface area contributed by atoms with E-state index in [0.717, 1.165) is 0 Å². The average molecular weight is 753 g/mol. The van der Waals surface area contributed by atoms with Crippen molar-refractivity contribution < 1.29 is 47.1 Å². The predicted octanol–water partition coefficient (Wildman–Crippen LogP) is 7.77. The predicted molar refractivity (Wildman–Crippen MR) is 201 cm³/mol. The lowest BCUT2D eigenvalue weighted by Gasteiger charge is -2.38. The number of hydrogen-bond donors (Lipinski definition) is 0. The second-order valence-electron chi connectivity index (χ2n) is 12.5. The summed E-state index contributed by atoms with van der Waals surface area (Å²) in [6, 6.07) is 24.3. The SMILES string of the molecule is CCOC(=O)C(CC)(COP(OCCC#N)N(C(C)C)C(C)C)C(=O)OCOC(c1ccc(OC)cc1)(c1ccc(OC)cc1)c1ccc(OC)cc1. The number of methoxy groups -OCH3 is 3. The van der Waals surface area contributed by atoms with Crippen molar-refractivity contribution >= 4 is 20.5 Å². The molecular formula is C40H53N2O10P. The molecular weight excluding hydrogens is 699 g/mol. The second kappa shape index (κ2) is 20.9. The van der Waals surface area contributed by atoms with Crippen LogP contribution in [0, 0.1) is 16.7 Å². The van der Waals surface area contributed by atoms with Crippen molar-refractivity contribution in [3.63, 3.8) is 0 Å². The molecule has 0 amide bonds. The third-order valence-corrected chi connectivity index (χ3v) is 10.8. The quantitative estimate of drug-likeness (QED) is 0.0248. The highest BCUT2D eigenvalue weighted by atomic mass is 31.2. The van der Waals surface area contributed by atoms with E-state index >= 15 is 0 Å². The van der Waals surface area contributed by atoms with Crippen LogP contribution in [-0.4, -0.2) is 76.6 Å². The van der Waals surface area contributed by atoms with Crippen LogP contribution in [0.3, 0.4) is 0 Å². The molecule has 0 saturated carbocycles. The van der Waals surface area contributed by atoms with Crippen molar-refractivity contribution in [1.82, 2.24) is 4.67 Å². The van der Waals surface area contributed by atoms with Gasteiger partial charge in [0.25, 0.3) is 8.53 Å². The number of ether oxygens (including phenoxy) is 6. The van der Waals surface area contributed by atoms with Crippen LogP contribution in [0.25, 0.3) is 0 Å². The first-order valence-electron chi connectivity index (χ1n) is 17.6. The van der Waals surface area contributed by atoms with E-state index in [9.17, 15) is 9.59 Å². The maximum absolute atomic E-state index is 14.2. The summed E-state index contributed by atoms with van der Waals surface area (Å²) < 4.78 is 48.8. The Hall–Kier alpha value is -4.24. The number of hydrogen-bond acceptors (Lipinski definition) is 12. The Balaban J connectivity index is 2.07. The first-order chi connectivity index (χ1) is 25.5. The largest absolute Gasteiger partial charge is 0.497 e. The second-order valence-corrected chi connectivity index (χ2v) is 14.0. The highest BCUT2D eigenvalue weighted by molar-refractivity contribution is 7.44. The summed E-state index contributed by atoms with van der Waals surface area (Å²) in [6.07, 6.45) is 0.163. The van der Waals surface area contributed by atoms with Gasteiger partial charge in [-0.1, -0.05) is 43.3 Å². The summed E-state index contributed by atoms with van der Waals surface area (Å²) in [4.78, 5) is 27.9. The molecule has 0 aromatic heterocycles. The van der Waals surface area contributed by atoms with Gasteiger partial charge in [0.2, 0.25) is 0 Å². The fourth-order valence-electron chi connectivity index (χ4n) is 5.88. The van der Waals surface area contributed by atoms with Crippen molar-refractivity contribution in [2.24, 2.45) is 5.41 Å². The first kappa shape index (κ1) is 43.2. The standard InChI is InChI=1S/C40H53N2O10P/c1-10-39(37(43)48-11-2,27-52-53(51-26-12-25-41)42(29(3)4)30(5)6)38(44)49-28-50-40(31-13-19-34(45-7)20-14-31,32-15-21-35(46-8)22-16-32)33-17-23-36(47-9)24-18-33/h13-24,29-30H,10-12,26-28H2,1-9H3. The molecule has 0 N–H and O–H groups in total. The van der Waals surface area contributed by atoms with Crippen molar-refractivity contribution in [3.05, 3.63) is 89.5 Å². The van der Waals surface area contributed by atoms with Gasteiger partial charge >= 0.3 is 11.9 Å². The van der Waals surface area contributed by atoms with E-state index in [2.05, 4.69) is 6.07 Å². The van der Waals surface area contributed by atoms with Crippen LogP contribution in [-0.2, 0) is 38.4 Å². The van der Waals surface area contributed by atoms with E-state index in [1.807, 2.05) is 105 Å². The summed E-state index contributed by atoms with van der Waals surface area (Å²) in [7, 11) is 2.99. The van der Waals surface area contributed by atoms with Gasteiger partial charge in [-0.25, -0.2) is 4.67 Å². The highest BCUT2D eigenvalue weighted by Crippen LogP contribution is 2.48.